The number of aliphatic imine (C=N–C) groups is 1. The maximum atomic E-state index is 9.43. The van der Waals surface area contributed by atoms with Gasteiger partial charge in [0.2, 0.25) is 5.82 Å². The third kappa shape index (κ3) is 5.79. The van der Waals surface area contributed by atoms with E-state index in [1.807, 2.05) is 37.3 Å². The number of H-pyrrole nitrogens is 1. The highest BCUT2D eigenvalue weighted by molar-refractivity contribution is 14.0. The quantitative estimate of drug-likeness (QED) is 0.247. The Morgan fingerprint density at radius 3 is 3.00 bits per heavy atom. The molecule has 10 heteroatoms. The summed E-state index contributed by atoms with van der Waals surface area (Å²) >= 11 is 0. The Morgan fingerprint density at radius 2 is 2.22 bits per heavy atom. The van der Waals surface area contributed by atoms with Crippen LogP contribution in [0, 0.1) is 11.3 Å². The van der Waals surface area contributed by atoms with Gasteiger partial charge in [-0.1, -0.05) is 12.1 Å². The standard InChI is InChI=1S/C22H26N8O.HI/c1-2-24-22(25-14-20-27-21(29-28-20)19-10-6-12-31-19)26-17-8-5-11-30(15-17)18-9-4-3-7-16(18)13-23;/h3-4,6-7,9-10,12,17H,2,5,8,11,14-15H2,1H3,(H2,24,25,26)(H,27,28,29);1H. The number of aromatic amines is 1. The average molecular weight is 546 g/mol. The zero-order valence-corrected chi connectivity index (χ0v) is 20.2. The van der Waals surface area contributed by atoms with Gasteiger partial charge in [0.1, 0.15) is 18.4 Å². The largest absolute Gasteiger partial charge is 0.461 e. The van der Waals surface area contributed by atoms with E-state index < -0.39 is 0 Å². The van der Waals surface area contributed by atoms with E-state index in [9.17, 15) is 5.26 Å². The van der Waals surface area contributed by atoms with Crippen LogP contribution in [0.1, 0.15) is 31.2 Å². The molecular weight excluding hydrogens is 519 g/mol. The molecule has 0 saturated carbocycles. The monoisotopic (exact) mass is 546 g/mol. The Labute approximate surface area is 204 Å². The molecule has 3 aromatic rings. The van der Waals surface area contributed by atoms with Crippen molar-refractivity contribution in [2.24, 2.45) is 4.99 Å². The van der Waals surface area contributed by atoms with E-state index in [0.717, 1.165) is 44.1 Å². The molecule has 1 aromatic carbocycles. The highest BCUT2D eigenvalue weighted by atomic mass is 127. The van der Waals surface area contributed by atoms with E-state index in [1.54, 1.807) is 12.3 Å². The first-order valence-corrected chi connectivity index (χ1v) is 10.5. The first-order valence-electron chi connectivity index (χ1n) is 10.5. The number of piperidine rings is 1. The number of furan rings is 1. The average Bonchev–Trinajstić information content (AvgIpc) is 3.50. The molecule has 0 radical (unpaired) electrons. The summed E-state index contributed by atoms with van der Waals surface area (Å²) in [6, 6.07) is 13.9. The molecule has 3 N–H and O–H groups in total. The minimum absolute atomic E-state index is 0. The van der Waals surface area contributed by atoms with Crippen molar-refractivity contribution in [2.75, 3.05) is 24.5 Å². The van der Waals surface area contributed by atoms with Crippen LogP contribution in [0.2, 0.25) is 0 Å². The number of hydrogen-bond acceptors (Lipinski definition) is 6. The number of benzene rings is 1. The minimum Gasteiger partial charge on any atom is -0.461 e. The third-order valence-electron chi connectivity index (χ3n) is 5.13. The molecule has 0 spiro atoms. The first-order chi connectivity index (χ1) is 15.3. The van der Waals surface area contributed by atoms with Crippen LogP contribution in [-0.4, -0.2) is 46.8 Å². The molecule has 1 atom stereocenters. The van der Waals surface area contributed by atoms with Crippen LogP contribution in [-0.2, 0) is 6.54 Å². The van der Waals surface area contributed by atoms with Gasteiger partial charge in [0.25, 0.3) is 0 Å². The number of nitriles is 1. The van der Waals surface area contributed by atoms with Gasteiger partial charge in [0.15, 0.2) is 11.7 Å². The highest BCUT2D eigenvalue weighted by Crippen LogP contribution is 2.23. The van der Waals surface area contributed by atoms with E-state index >= 15 is 0 Å². The third-order valence-corrected chi connectivity index (χ3v) is 5.13. The summed E-state index contributed by atoms with van der Waals surface area (Å²) in [5.41, 5.74) is 1.70. The lowest BCUT2D eigenvalue weighted by Gasteiger charge is -2.35. The molecule has 0 bridgehead atoms. The molecule has 32 heavy (non-hydrogen) atoms. The lowest BCUT2D eigenvalue weighted by molar-refractivity contribution is 0.468. The number of para-hydroxylation sites is 1. The van der Waals surface area contributed by atoms with E-state index in [0.29, 0.717) is 29.5 Å². The Kier molecular flexibility index (Phi) is 8.49. The number of guanidine groups is 1. The van der Waals surface area contributed by atoms with Crippen LogP contribution in [0.25, 0.3) is 11.6 Å². The molecule has 1 fully saturated rings. The van der Waals surface area contributed by atoms with Crippen molar-refractivity contribution in [3.63, 3.8) is 0 Å². The number of anilines is 1. The zero-order valence-electron chi connectivity index (χ0n) is 17.9. The second kappa shape index (κ2) is 11.5. The van der Waals surface area contributed by atoms with Gasteiger partial charge in [0, 0.05) is 25.7 Å². The molecule has 1 aliphatic heterocycles. The minimum atomic E-state index is 0. The fourth-order valence-electron chi connectivity index (χ4n) is 3.71. The lowest BCUT2D eigenvalue weighted by Crippen LogP contribution is -2.51. The summed E-state index contributed by atoms with van der Waals surface area (Å²) in [6.07, 6.45) is 3.69. The fourth-order valence-corrected chi connectivity index (χ4v) is 3.71. The summed E-state index contributed by atoms with van der Waals surface area (Å²) in [5.74, 6) is 2.54. The van der Waals surface area contributed by atoms with Crippen LogP contribution in [0.15, 0.2) is 52.1 Å². The summed E-state index contributed by atoms with van der Waals surface area (Å²) in [6.45, 7) is 4.92. The molecule has 4 rings (SSSR count). The van der Waals surface area contributed by atoms with Crippen molar-refractivity contribution in [2.45, 2.75) is 32.4 Å². The maximum absolute atomic E-state index is 9.43. The summed E-state index contributed by atoms with van der Waals surface area (Å²) in [5, 5.41) is 23.4. The van der Waals surface area contributed by atoms with Crippen molar-refractivity contribution in [1.82, 2.24) is 25.8 Å². The highest BCUT2D eigenvalue weighted by Gasteiger charge is 2.22. The number of nitrogens with one attached hydrogen (secondary N) is 3. The SMILES string of the molecule is CCNC(=NCc1nc(-c2ccco2)n[nH]1)NC1CCCN(c2ccccc2C#N)C1.I. The van der Waals surface area contributed by atoms with E-state index in [-0.39, 0.29) is 30.0 Å². The van der Waals surface area contributed by atoms with Gasteiger partial charge in [-0.3, -0.25) is 5.10 Å². The van der Waals surface area contributed by atoms with Crippen molar-refractivity contribution < 1.29 is 4.42 Å². The summed E-state index contributed by atoms with van der Waals surface area (Å²) < 4.78 is 5.33. The van der Waals surface area contributed by atoms with Crippen molar-refractivity contribution in [3.05, 3.63) is 54.0 Å². The molecule has 1 saturated heterocycles. The predicted octanol–water partition coefficient (Wildman–Crippen LogP) is 3.28. The van der Waals surface area contributed by atoms with Crippen molar-refractivity contribution in [3.8, 4) is 17.7 Å². The molecular formula is C22H27IN8O. The molecule has 1 unspecified atom stereocenters. The molecule has 9 nitrogen and oxygen atoms in total. The number of nitrogens with zero attached hydrogens (tertiary/aromatic N) is 5. The van der Waals surface area contributed by atoms with Crippen LogP contribution < -0.4 is 15.5 Å². The van der Waals surface area contributed by atoms with E-state index in [4.69, 9.17) is 4.42 Å². The Morgan fingerprint density at radius 1 is 1.34 bits per heavy atom. The van der Waals surface area contributed by atoms with Crippen LogP contribution in [0.3, 0.4) is 0 Å². The molecule has 168 valence electrons. The lowest BCUT2D eigenvalue weighted by atomic mass is 10.0. The molecule has 0 amide bonds. The molecule has 1 aliphatic rings. The van der Waals surface area contributed by atoms with Gasteiger partial charge in [-0.25, -0.2) is 9.98 Å². The molecule has 2 aromatic heterocycles. The van der Waals surface area contributed by atoms with Crippen LogP contribution in [0.5, 0.6) is 0 Å². The van der Waals surface area contributed by atoms with Gasteiger partial charge in [-0.15, -0.1) is 29.1 Å². The topological polar surface area (TPSA) is 118 Å². The second-order valence-electron chi connectivity index (χ2n) is 7.34. The van der Waals surface area contributed by atoms with Crippen LogP contribution >= 0.6 is 24.0 Å². The number of halogens is 1. The fraction of sp³-hybridized carbons (Fsp3) is 0.364. The van der Waals surface area contributed by atoms with Gasteiger partial charge < -0.3 is 20.0 Å². The Hall–Kier alpha value is -3.07. The first kappa shape index (κ1) is 23.6. The van der Waals surface area contributed by atoms with E-state index in [2.05, 4.69) is 41.8 Å². The van der Waals surface area contributed by atoms with Gasteiger partial charge in [0.05, 0.1) is 17.5 Å². The maximum Gasteiger partial charge on any atom is 0.216 e. The van der Waals surface area contributed by atoms with Gasteiger partial charge >= 0.3 is 0 Å². The summed E-state index contributed by atoms with van der Waals surface area (Å²) in [7, 11) is 0. The normalized spacial score (nSPS) is 16.2. The summed E-state index contributed by atoms with van der Waals surface area (Å²) in [4.78, 5) is 11.4. The predicted molar refractivity (Wildman–Crippen MR) is 134 cm³/mol. The number of hydrogen-bond donors (Lipinski definition) is 3. The number of aromatic nitrogens is 3. The number of rotatable bonds is 6. The van der Waals surface area contributed by atoms with Crippen LogP contribution in [0.4, 0.5) is 5.69 Å². The van der Waals surface area contributed by atoms with Crippen molar-refractivity contribution >= 4 is 35.6 Å². The molecule has 0 aliphatic carbocycles. The Balaban J connectivity index is 0.00000289. The molecule has 3 heterocycles. The van der Waals surface area contributed by atoms with E-state index in [1.165, 1.54) is 0 Å². The smallest absolute Gasteiger partial charge is 0.216 e. The zero-order chi connectivity index (χ0) is 21.5. The van der Waals surface area contributed by atoms with Gasteiger partial charge in [-0.05, 0) is 44.0 Å². The van der Waals surface area contributed by atoms with Crippen molar-refractivity contribution in [1.29, 1.82) is 5.26 Å². The van der Waals surface area contributed by atoms with Gasteiger partial charge in [-0.2, -0.15) is 5.26 Å². The Bertz CT molecular complexity index is 1060. The second-order valence-corrected chi connectivity index (χ2v) is 7.34.